The first kappa shape index (κ1) is 36.7. The predicted molar refractivity (Wildman–Crippen MR) is 189 cm³/mol. The minimum atomic E-state index is -0.538. The number of nitrogens with one attached hydrogen (secondary N) is 1. The van der Waals surface area contributed by atoms with Gasteiger partial charge in [-0.05, 0) is 66.5 Å². The summed E-state index contributed by atoms with van der Waals surface area (Å²) in [6.07, 6.45) is 8.98. The molecule has 9 nitrogen and oxygen atoms in total. The van der Waals surface area contributed by atoms with Crippen molar-refractivity contribution >= 4 is 47.1 Å². The highest BCUT2D eigenvalue weighted by atomic mass is 35.5. The summed E-state index contributed by atoms with van der Waals surface area (Å²) in [6.45, 7) is 2.19. The van der Waals surface area contributed by atoms with Crippen molar-refractivity contribution in [1.29, 1.82) is 5.41 Å². The predicted octanol–water partition coefficient (Wildman–Crippen LogP) is 6.67. The molecule has 0 saturated heterocycles. The highest BCUT2D eigenvalue weighted by Gasteiger charge is 2.47. The van der Waals surface area contributed by atoms with Gasteiger partial charge in [0.25, 0.3) is 0 Å². The van der Waals surface area contributed by atoms with Gasteiger partial charge in [0.1, 0.15) is 5.66 Å². The lowest BCUT2D eigenvalue weighted by Gasteiger charge is -2.50. The Bertz CT molecular complexity index is 1470. The van der Waals surface area contributed by atoms with Crippen molar-refractivity contribution < 1.29 is 9.59 Å². The number of amides is 2. The number of halogens is 2. The number of nitrogens with zero attached hydrogens (tertiary/aromatic N) is 2. The van der Waals surface area contributed by atoms with E-state index in [2.05, 4.69) is 41.4 Å². The zero-order chi connectivity index (χ0) is 33.7. The Morgan fingerprint density at radius 1 is 0.978 bits per heavy atom. The van der Waals surface area contributed by atoms with Crippen LogP contribution >= 0.6 is 23.2 Å². The Kier molecular flexibility index (Phi) is 14.2. The first-order valence-corrected chi connectivity index (χ1v) is 16.3. The van der Waals surface area contributed by atoms with Crippen molar-refractivity contribution in [3.8, 4) is 11.1 Å². The number of nitrogens with two attached hydrogens (primary N) is 4. The smallest absolute Gasteiger partial charge is 0.231 e. The van der Waals surface area contributed by atoms with Gasteiger partial charge in [-0.25, -0.2) is 0 Å². The molecule has 0 bridgehead atoms. The zero-order valence-electron chi connectivity index (χ0n) is 26.4. The maximum absolute atomic E-state index is 14.2. The van der Waals surface area contributed by atoms with Crippen LogP contribution in [0.2, 0.25) is 10.0 Å². The van der Waals surface area contributed by atoms with Crippen LogP contribution in [-0.2, 0) is 16.0 Å². The number of hydrazine groups is 1. The highest BCUT2D eigenvalue weighted by molar-refractivity contribution is 6.39. The molecule has 3 aromatic rings. The third-order valence-electron chi connectivity index (χ3n) is 8.40. The molecule has 0 radical (unpaired) electrons. The number of rotatable bonds is 9. The van der Waals surface area contributed by atoms with Crippen LogP contribution in [0.4, 0.5) is 0 Å². The average molecular weight is 667 g/mol. The molecule has 9 N–H and O–H groups in total. The average Bonchev–Trinajstić information content (AvgIpc) is 3.04. The fraction of sp³-hybridized carbons (Fsp3) is 0.371. The molecule has 1 aliphatic heterocycles. The number of carbonyl (C=O) groups is 2. The van der Waals surface area contributed by atoms with Gasteiger partial charge in [0.05, 0.1) is 24.0 Å². The number of hydrogen-bond donors (Lipinski definition) is 5. The molecule has 2 aliphatic rings. The van der Waals surface area contributed by atoms with Crippen molar-refractivity contribution in [3.05, 3.63) is 93.5 Å². The molecule has 1 spiro atoms. The summed E-state index contributed by atoms with van der Waals surface area (Å²) in [5, 5.41) is 8.86. The van der Waals surface area contributed by atoms with Crippen LogP contribution in [0.5, 0.6) is 0 Å². The standard InChI is InChI=1S/C34H38Cl2N4O.CH3NO.H4N2/c1-2-3-10-30(25-13-11-23(12-14-25)21-31(37)38)40-32(41)22-29(39-34(40)19-5-4-6-20-34)24-15-17-26(18-16-24)33-27(35)8-7-9-28(33)36;2-1-3;1-2/h7-9,11-18,30H,2-6,10,19-22H2,1H3,(H3,37,38);1H,(H2,2,3);1-2H2. The first-order valence-electron chi connectivity index (χ1n) is 15.6. The van der Waals surface area contributed by atoms with Gasteiger partial charge in [-0.2, -0.15) is 0 Å². The highest BCUT2D eigenvalue weighted by Crippen LogP contribution is 2.45. The third kappa shape index (κ3) is 8.94. The van der Waals surface area contributed by atoms with E-state index in [0.717, 1.165) is 78.5 Å². The van der Waals surface area contributed by atoms with Crippen molar-refractivity contribution in [2.45, 2.75) is 82.8 Å². The van der Waals surface area contributed by atoms with E-state index in [4.69, 9.17) is 44.1 Å². The normalized spacial score (nSPS) is 15.9. The van der Waals surface area contributed by atoms with Crippen molar-refractivity contribution in [1.82, 2.24) is 4.90 Å². The number of primary amides is 1. The summed E-state index contributed by atoms with van der Waals surface area (Å²) in [5.41, 5.74) is 15.0. The van der Waals surface area contributed by atoms with Gasteiger partial charge in [0, 0.05) is 22.0 Å². The van der Waals surface area contributed by atoms with Crippen LogP contribution in [0.15, 0.2) is 71.7 Å². The molecule has 3 aromatic carbocycles. The number of aliphatic imine (C=N–C) groups is 1. The summed E-state index contributed by atoms with van der Waals surface area (Å²) in [7, 11) is 0. The number of amidine groups is 1. The minimum Gasteiger partial charge on any atom is -0.387 e. The largest absolute Gasteiger partial charge is 0.387 e. The van der Waals surface area contributed by atoms with E-state index >= 15 is 0 Å². The summed E-state index contributed by atoms with van der Waals surface area (Å²) < 4.78 is 0. The van der Waals surface area contributed by atoms with Crippen LogP contribution in [0.1, 0.15) is 87.4 Å². The fourth-order valence-corrected chi connectivity index (χ4v) is 7.04. The Morgan fingerprint density at radius 2 is 1.54 bits per heavy atom. The summed E-state index contributed by atoms with van der Waals surface area (Å²) in [6, 6.07) is 21.9. The summed E-state index contributed by atoms with van der Waals surface area (Å²) >= 11 is 12.9. The lowest BCUT2D eigenvalue weighted by molar-refractivity contribution is -0.143. The molecule has 0 aromatic heterocycles. The Labute approximate surface area is 281 Å². The van der Waals surface area contributed by atoms with Crippen LogP contribution in [0, 0.1) is 5.41 Å². The Morgan fingerprint density at radius 3 is 2.09 bits per heavy atom. The number of benzene rings is 3. The molecule has 246 valence electrons. The van der Waals surface area contributed by atoms with Crippen LogP contribution in [-0.4, -0.2) is 34.4 Å². The molecule has 46 heavy (non-hydrogen) atoms. The molecule has 2 amide bonds. The molecule has 1 unspecified atom stereocenters. The Hall–Kier alpha value is -3.76. The molecule has 1 fully saturated rings. The van der Waals surface area contributed by atoms with Crippen molar-refractivity contribution in [2.24, 2.45) is 28.1 Å². The van der Waals surface area contributed by atoms with Gasteiger partial charge in [0.2, 0.25) is 12.3 Å². The van der Waals surface area contributed by atoms with E-state index < -0.39 is 5.66 Å². The quantitative estimate of drug-likeness (QED) is 0.0562. The number of unbranched alkanes of at least 4 members (excludes halogenated alkanes) is 1. The van der Waals surface area contributed by atoms with Gasteiger partial charge >= 0.3 is 0 Å². The van der Waals surface area contributed by atoms with E-state index in [1.54, 1.807) is 0 Å². The van der Waals surface area contributed by atoms with Gasteiger partial charge in [-0.3, -0.25) is 31.7 Å². The van der Waals surface area contributed by atoms with E-state index in [-0.39, 0.29) is 30.6 Å². The van der Waals surface area contributed by atoms with Crippen LogP contribution in [0.25, 0.3) is 11.1 Å². The minimum absolute atomic E-state index is 0.0398. The topological polar surface area (TPSA) is 178 Å². The van der Waals surface area contributed by atoms with Crippen LogP contribution in [0.3, 0.4) is 0 Å². The van der Waals surface area contributed by atoms with Crippen molar-refractivity contribution in [2.75, 3.05) is 0 Å². The van der Waals surface area contributed by atoms with Gasteiger partial charge in [-0.1, -0.05) is 104 Å². The lowest BCUT2D eigenvalue weighted by Crippen LogP contribution is -2.56. The summed E-state index contributed by atoms with van der Waals surface area (Å²) in [4.78, 5) is 30.4. The lowest BCUT2D eigenvalue weighted by atomic mass is 9.82. The first-order chi connectivity index (χ1) is 22.2. The maximum Gasteiger partial charge on any atom is 0.231 e. The maximum atomic E-state index is 14.2. The molecular formula is C35H45Cl2N7O2. The third-order valence-corrected chi connectivity index (χ3v) is 9.03. The van der Waals surface area contributed by atoms with E-state index in [1.165, 1.54) is 6.42 Å². The molecule has 11 heteroatoms. The molecule has 1 saturated carbocycles. The van der Waals surface area contributed by atoms with Crippen LogP contribution < -0.4 is 23.2 Å². The van der Waals surface area contributed by atoms with Gasteiger partial charge in [0.15, 0.2) is 0 Å². The van der Waals surface area contributed by atoms with Gasteiger partial charge < -0.3 is 16.4 Å². The monoisotopic (exact) mass is 665 g/mol. The Balaban J connectivity index is 0.00000109. The second-order valence-corrected chi connectivity index (χ2v) is 12.3. The van der Waals surface area contributed by atoms with E-state index in [1.807, 2.05) is 54.6 Å². The second kappa shape index (κ2) is 17.8. The molecule has 5 rings (SSSR count). The fourth-order valence-electron chi connectivity index (χ4n) is 6.43. The zero-order valence-corrected chi connectivity index (χ0v) is 27.9. The SMILES string of the molecule is CCCCC(c1ccc(CC(=N)N)cc1)N1C(=O)CC(c2ccc(-c3c(Cl)cccc3Cl)cc2)=NC12CCCCC2.NC=O.NN. The van der Waals surface area contributed by atoms with Crippen molar-refractivity contribution in [3.63, 3.8) is 0 Å². The molecule has 1 atom stereocenters. The molecular weight excluding hydrogens is 621 g/mol. The van der Waals surface area contributed by atoms with E-state index in [0.29, 0.717) is 16.5 Å². The summed E-state index contributed by atoms with van der Waals surface area (Å²) in [5.74, 6) is 8.29. The molecule has 1 heterocycles. The van der Waals surface area contributed by atoms with E-state index in [9.17, 15) is 4.79 Å². The number of carbonyl (C=O) groups excluding carboxylic acids is 2. The number of hydrogen-bond acceptors (Lipinski definition) is 6. The molecule has 1 aliphatic carbocycles. The second-order valence-electron chi connectivity index (χ2n) is 11.5. The van der Waals surface area contributed by atoms with Gasteiger partial charge in [-0.15, -0.1) is 0 Å².